The van der Waals surface area contributed by atoms with E-state index in [4.69, 9.17) is 27.3 Å². The van der Waals surface area contributed by atoms with Gasteiger partial charge in [0.1, 0.15) is 27.1 Å². The van der Waals surface area contributed by atoms with E-state index < -0.39 is 47.0 Å². The summed E-state index contributed by atoms with van der Waals surface area (Å²) >= 11 is 8.32. The fourth-order valence-electron chi connectivity index (χ4n) is 4.74. The van der Waals surface area contributed by atoms with Crippen molar-refractivity contribution in [1.82, 2.24) is 20.5 Å². The monoisotopic (exact) mass is 651 g/mol. The second-order valence-corrected chi connectivity index (χ2v) is 12.6. The summed E-state index contributed by atoms with van der Waals surface area (Å²) in [6.45, 7) is 3.33. The molecule has 15 nitrogen and oxygen atoms in total. The lowest BCUT2D eigenvalue weighted by Gasteiger charge is -2.49. The number of nitrogens with one attached hydrogen (secondary N) is 3. The molecule has 7 N–H and O–H groups in total. The molecule has 2 saturated heterocycles. The summed E-state index contributed by atoms with van der Waals surface area (Å²) in [5, 5.41) is 31.4. The largest absolute Gasteiger partial charge is 0.478 e. The van der Waals surface area contributed by atoms with Crippen molar-refractivity contribution in [3.63, 3.8) is 0 Å². The molecule has 18 heteroatoms. The fourth-order valence-corrected chi connectivity index (χ4v) is 7.00. The minimum atomic E-state index is -1.40. The van der Waals surface area contributed by atoms with Crippen molar-refractivity contribution in [2.75, 3.05) is 29.9 Å². The van der Waals surface area contributed by atoms with Crippen molar-refractivity contribution in [2.24, 2.45) is 5.16 Å². The Hall–Kier alpha value is -3.93. The normalized spacial score (nSPS) is 22.5. The van der Waals surface area contributed by atoms with Gasteiger partial charge < -0.3 is 36.7 Å². The zero-order chi connectivity index (χ0) is 30.8. The number of halogens is 1. The molecule has 0 spiro atoms. The maximum absolute atomic E-state index is 13.2. The first-order chi connectivity index (χ1) is 20.5. The van der Waals surface area contributed by atoms with Crippen molar-refractivity contribution < 1.29 is 38.8 Å². The lowest BCUT2D eigenvalue weighted by Crippen LogP contribution is -2.71. The first-order valence-corrected chi connectivity index (χ1v) is 15.3. The molecule has 0 saturated carbocycles. The minimum Gasteiger partial charge on any atom is -0.478 e. The summed E-state index contributed by atoms with van der Waals surface area (Å²) in [4.78, 5) is 60.0. The number of rotatable bonds is 11. The van der Waals surface area contributed by atoms with E-state index in [1.807, 2.05) is 29.1 Å². The number of aliphatic carboxylic acids is 2. The summed E-state index contributed by atoms with van der Waals surface area (Å²) in [6.07, 6.45) is 3.33. The van der Waals surface area contributed by atoms with Crippen molar-refractivity contribution in [3.05, 3.63) is 45.8 Å². The Morgan fingerprint density at radius 3 is 2.70 bits per heavy atom. The number of hydrogen-bond acceptors (Lipinski definition) is 12. The van der Waals surface area contributed by atoms with Crippen LogP contribution in [0.4, 0.5) is 10.8 Å². The molecular weight excluding hydrogens is 624 g/mol. The zero-order valence-electron chi connectivity index (χ0n) is 22.7. The molecule has 3 aliphatic heterocycles. The predicted molar refractivity (Wildman–Crippen MR) is 157 cm³/mol. The molecule has 5 rings (SSSR count). The van der Waals surface area contributed by atoms with Gasteiger partial charge in [-0.3, -0.25) is 14.5 Å². The highest BCUT2D eigenvalue weighted by Crippen LogP contribution is 2.40. The Bertz CT molecular complexity index is 1510. The molecule has 0 aromatic carbocycles. The third-order valence-corrected chi connectivity index (χ3v) is 9.35. The fraction of sp³-hybridized carbons (Fsp3) is 0.400. The molecule has 2 aromatic rings. The van der Waals surface area contributed by atoms with E-state index in [1.165, 1.54) is 18.7 Å². The molecule has 0 unspecified atom stereocenters. The van der Waals surface area contributed by atoms with Crippen molar-refractivity contribution in [2.45, 2.75) is 43.5 Å². The number of aromatic nitrogens is 2. The van der Waals surface area contributed by atoms with Crippen LogP contribution in [0, 0.1) is 0 Å². The van der Waals surface area contributed by atoms with Crippen LogP contribution in [0.15, 0.2) is 41.0 Å². The van der Waals surface area contributed by atoms with Crippen LogP contribution < -0.4 is 26.3 Å². The number of carbonyl (C=O) groups is 4. The van der Waals surface area contributed by atoms with Crippen LogP contribution in [-0.2, 0) is 30.6 Å². The molecule has 2 aromatic heterocycles. The van der Waals surface area contributed by atoms with Crippen LogP contribution in [0.5, 0.6) is 0 Å². The third kappa shape index (κ3) is 6.53. The number of thioether (sulfide) groups is 1. The highest BCUT2D eigenvalue weighted by Gasteiger charge is 2.55. The van der Waals surface area contributed by atoms with Crippen molar-refractivity contribution in [3.8, 4) is 0 Å². The van der Waals surface area contributed by atoms with Crippen LogP contribution in [0.25, 0.3) is 0 Å². The Balaban J connectivity index is 1.30. The summed E-state index contributed by atoms with van der Waals surface area (Å²) in [7, 11) is 0. The quantitative estimate of drug-likeness (QED) is 0.0825. The number of nitrogen functional groups attached to an aromatic ring is 1. The average molecular weight is 652 g/mol. The first kappa shape index (κ1) is 30.5. The van der Waals surface area contributed by atoms with Crippen LogP contribution in [0.2, 0.25) is 4.34 Å². The number of hydrogen-bond donors (Lipinski definition) is 6. The number of fused-ring (bicyclic) bond motifs is 1. The lowest BCUT2D eigenvalue weighted by molar-refractivity contribution is -0.688. The molecular formula is C25H28ClN8O7S2+. The molecule has 5 heterocycles. The van der Waals surface area contributed by atoms with Crippen LogP contribution >= 0.6 is 34.7 Å². The predicted octanol–water partition coefficient (Wildman–Crippen LogP) is 0.0726. The van der Waals surface area contributed by atoms with Crippen LogP contribution in [0.3, 0.4) is 0 Å². The van der Waals surface area contributed by atoms with Gasteiger partial charge in [-0.1, -0.05) is 28.1 Å². The van der Waals surface area contributed by atoms with E-state index in [9.17, 15) is 24.3 Å². The Morgan fingerprint density at radius 2 is 2.09 bits per heavy atom. The van der Waals surface area contributed by atoms with Gasteiger partial charge in [0.2, 0.25) is 6.10 Å². The Morgan fingerprint density at radius 1 is 1.35 bits per heavy atom. The molecule has 3 aliphatic rings. The van der Waals surface area contributed by atoms with Gasteiger partial charge in [0.05, 0.1) is 0 Å². The number of amides is 2. The summed E-state index contributed by atoms with van der Waals surface area (Å²) in [5.41, 5.74) is 6.43. The van der Waals surface area contributed by atoms with E-state index in [0.717, 1.165) is 41.4 Å². The van der Waals surface area contributed by atoms with Gasteiger partial charge in [-0.15, -0.1) is 11.8 Å². The number of nitrogens with two attached hydrogens (primary N) is 1. The Kier molecular flexibility index (Phi) is 9.05. The Labute approximate surface area is 258 Å². The van der Waals surface area contributed by atoms with Gasteiger partial charge in [-0.2, -0.15) is 0 Å². The topological polar surface area (TPSA) is 212 Å². The van der Waals surface area contributed by atoms with Crippen LogP contribution in [0.1, 0.15) is 19.0 Å². The van der Waals surface area contributed by atoms with E-state index >= 15 is 0 Å². The average Bonchev–Trinajstić information content (AvgIpc) is 3.60. The molecule has 43 heavy (non-hydrogen) atoms. The molecule has 0 aliphatic carbocycles. The van der Waals surface area contributed by atoms with Crippen LogP contribution in [-0.4, -0.2) is 92.0 Å². The highest BCUT2D eigenvalue weighted by atomic mass is 35.5. The maximum atomic E-state index is 13.2. The second-order valence-electron chi connectivity index (χ2n) is 9.91. The highest BCUT2D eigenvalue weighted by molar-refractivity contribution is 8.00. The smallest absolute Gasteiger partial charge is 0.352 e. The maximum Gasteiger partial charge on any atom is 0.352 e. The second kappa shape index (κ2) is 12.7. The molecule has 0 radical (unpaired) electrons. The molecule has 228 valence electrons. The van der Waals surface area contributed by atoms with Gasteiger partial charge >= 0.3 is 11.9 Å². The minimum absolute atomic E-state index is 0.00387. The van der Waals surface area contributed by atoms with E-state index in [0.29, 0.717) is 17.4 Å². The molecule has 2 amide bonds. The summed E-state index contributed by atoms with van der Waals surface area (Å²) in [5.74, 6) is -3.83. The lowest BCUT2D eigenvalue weighted by atomic mass is 10.0. The molecule has 0 bridgehead atoms. The van der Waals surface area contributed by atoms with E-state index in [2.05, 4.69) is 26.1 Å². The van der Waals surface area contributed by atoms with Gasteiger partial charge in [-0.05, 0) is 19.9 Å². The standard InChI is InChI=1S/C25H27ClN8O7S2/c1-11(23(37)38)41-32-16(15-19(26)43-25(27)31-15)20(35)30-17-21(36)34-18(24(39)40)12(10-42-22(17)34)9-33-6-3-13(4-7-33)29-14-2-5-28-8-14/h3-4,6-7,11,14,17,22,28H,2,5,8-10H2,1H3,(H5,27,30,31,35,37,38,39,40)/p+1/b32-16-/t11-,14-,17+,22+/m0/s1. The van der Waals surface area contributed by atoms with Gasteiger partial charge in [-0.25, -0.2) is 19.1 Å². The third-order valence-electron chi connectivity index (χ3n) is 6.92. The number of carbonyl (C=O) groups excluding carboxylic acids is 2. The summed E-state index contributed by atoms with van der Waals surface area (Å²) in [6, 6.07) is 3.10. The number of carboxylic acid groups (broad SMARTS) is 2. The number of pyridine rings is 1. The van der Waals surface area contributed by atoms with E-state index in [-0.39, 0.29) is 27.4 Å². The van der Waals surface area contributed by atoms with Crippen molar-refractivity contribution >= 4 is 75.0 Å². The molecule has 2 fully saturated rings. The number of nitrogens with zero attached hydrogens (tertiary/aromatic N) is 4. The number of β-lactam (4-membered cyclic amide) rings is 1. The summed E-state index contributed by atoms with van der Waals surface area (Å²) < 4.78 is 1.84. The van der Waals surface area contributed by atoms with Crippen molar-refractivity contribution in [1.29, 1.82) is 0 Å². The first-order valence-electron chi connectivity index (χ1n) is 13.1. The molecule has 4 atom stereocenters. The van der Waals surface area contributed by atoms with E-state index in [1.54, 1.807) is 0 Å². The van der Waals surface area contributed by atoms with Gasteiger partial charge in [0.25, 0.3) is 11.8 Å². The van der Waals surface area contributed by atoms with Gasteiger partial charge in [0, 0.05) is 41.7 Å². The number of anilines is 2. The SMILES string of the molecule is C[C@H](O/N=C(\C(=O)N[C@@H]1C(=O)N2C(C(=O)O)=C(C[n+]3ccc(N[C@H]4CCNC4)cc3)CS[C@H]12)c1nc(N)sc1Cl)C(=O)O. The number of oxime groups is 1. The van der Waals surface area contributed by atoms with Gasteiger partial charge in [0.15, 0.2) is 29.8 Å². The number of carboxylic acids is 2. The number of thiazole rings is 1. The zero-order valence-corrected chi connectivity index (χ0v) is 25.0.